The summed E-state index contributed by atoms with van der Waals surface area (Å²) in [5.41, 5.74) is 3.46. The third-order valence-corrected chi connectivity index (χ3v) is 3.19. The maximum Gasteiger partial charge on any atom is 0.221 e. The molecule has 0 unspecified atom stereocenters. The number of hydrogen-bond donors (Lipinski definition) is 2. The van der Waals surface area contributed by atoms with Crippen LogP contribution in [0, 0.1) is 0 Å². The van der Waals surface area contributed by atoms with E-state index in [4.69, 9.17) is 0 Å². The number of aromatic nitrogens is 2. The first-order valence-electron chi connectivity index (χ1n) is 7.23. The first-order chi connectivity index (χ1) is 11.2. The van der Waals surface area contributed by atoms with E-state index >= 15 is 0 Å². The van der Waals surface area contributed by atoms with Gasteiger partial charge in [-0.3, -0.25) is 4.79 Å². The Morgan fingerprint density at radius 3 is 2.48 bits per heavy atom. The van der Waals surface area contributed by atoms with E-state index in [2.05, 4.69) is 20.6 Å². The number of benzene rings is 2. The average Bonchev–Trinajstić information content (AvgIpc) is 2.56. The summed E-state index contributed by atoms with van der Waals surface area (Å²) >= 11 is 0. The highest BCUT2D eigenvalue weighted by molar-refractivity contribution is 5.89. The first-order valence-corrected chi connectivity index (χ1v) is 7.23. The van der Waals surface area contributed by atoms with Gasteiger partial charge >= 0.3 is 0 Å². The number of anilines is 3. The van der Waals surface area contributed by atoms with E-state index in [0.29, 0.717) is 5.82 Å². The molecular weight excluding hydrogens is 288 g/mol. The number of hydrogen-bond acceptors (Lipinski definition) is 4. The van der Waals surface area contributed by atoms with Crippen LogP contribution in [0.1, 0.15) is 6.92 Å². The van der Waals surface area contributed by atoms with Gasteiger partial charge in [-0.15, -0.1) is 0 Å². The minimum absolute atomic E-state index is 0.101. The third-order valence-electron chi connectivity index (χ3n) is 3.19. The van der Waals surface area contributed by atoms with E-state index < -0.39 is 0 Å². The molecule has 0 fully saturated rings. The van der Waals surface area contributed by atoms with E-state index in [9.17, 15) is 4.79 Å². The Hall–Kier alpha value is -3.21. The van der Waals surface area contributed by atoms with Gasteiger partial charge in [0.05, 0.1) is 5.69 Å². The van der Waals surface area contributed by atoms with E-state index in [-0.39, 0.29) is 5.91 Å². The molecule has 23 heavy (non-hydrogen) atoms. The molecule has 0 aliphatic rings. The Morgan fingerprint density at radius 2 is 1.70 bits per heavy atom. The fraction of sp³-hybridized carbons (Fsp3) is 0.0556. The molecule has 0 atom stereocenters. The summed E-state index contributed by atoms with van der Waals surface area (Å²) in [6.45, 7) is 1.48. The summed E-state index contributed by atoms with van der Waals surface area (Å²) in [6.07, 6.45) is 1.53. The lowest BCUT2D eigenvalue weighted by atomic mass is 10.1. The lowest BCUT2D eigenvalue weighted by Gasteiger charge is -2.09. The number of carbonyl (C=O) groups excluding carboxylic acids is 1. The van der Waals surface area contributed by atoms with Crippen LogP contribution in [0.4, 0.5) is 17.2 Å². The molecule has 0 spiro atoms. The van der Waals surface area contributed by atoms with Crippen molar-refractivity contribution in [2.75, 3.05) is 10.6 Å². The van der Waals surface area contributed by atoms with E-state index in [0.717, 1.165) is 22.6 Å². The lowest BCUT2D eigenvalue weighted by molar-refractivity contribution is -0.114. The Balaban J connectivity index is 1.82. The monoisotopic (exact) mass is 304 g/mol. The van der Waals surface area contributed by atoms with Gasteiger partial charge in [-0.25, -0.2) is 9.97 Å². The fourth-order valence-corrected chi connectivity index (χ4v) is 2.22. The second-order valence-electron chi connectivity index (χ2n) is 5.04. The summed E-state index contributed by atoms with van der Waals surface area (Å²) in [6, 6.07) is 19.3. The number of nitrogens with zero attached hydrogens (tertiary/aromatic N) is 2. The molecule has 1 heterocycles. The highest BCUT2D eigenvalue weighted by Gasteiger charge is 2.03. The molecule has 2 aromatic carbocycles. The van der Waals surface area contributed by atoms with Gasteiger partial charge in [0, 0.05) is 29.9 Å². The number of amides is 1. The SMILES string of the molecule is CC(=O)Nc1cccc(Nc2cc(-c3ccccc3)ncn2)c1. The van der Waals surface area contributed by atoms with Crippen LogP contribution in [0.25, 0.3) is 11.3 Å². The van der Waals surface area contributed by atoms with Crippen molar-refractivity contribution in [1.82, 2.24) is 9.97 Å². The molecule has 2 N–H and O–H groups in total. The highest BCUT2D eigenvalue weighted by Crippen LogP contribution is 2.22. The van der Waals surface area contributed by atoms with Crippen molar-refractivity contribution >= 4 is 23.1 Å². The molecule has 1 aromatic heterocycles. The van der Waals surface area contributed by atoms with Crippen molar-refractivity contribution in [3.05, 3.63) is 67.0 Å². The van der Waals surface area contributed by atoms with Crippen LogP contribution in [0.2, 0.25) is 0 Å². The first kappa shape index (κ1) is 14.7. The number of carbonyl (C=O) groups is 1. The molecule has 0 aliphatic heterocycles. The second kappa shape index (κ2) is 6.70. The van der Waals surface area contributed by atoms with Gasteiger partial charge in [0.25, 0.3) is 0 Å². The molecule has 0 saturated heterocycles. The van der Waals surface area contributed by atoms with Gasteiger partial charge in [0.1, 0.15) is 12.1 Å². The van der Waals surface area contributed by atoms with Crippen molar-refractivity contribution in [1.29, 1.82) is 0 Å². The maximum absolute atomic E-state index is 11.1. The van der Waals surface area contributed by atoms with Crippen LogP contribution in [0.5, 0.6) is 0 Å². The Labute approximate surface area is 134 Å². The van der Waals surface area contributed by atoms with Gasteiger partial charge in [0.2, 0.25) is 5.91 Å². The molecule has 0 saturated carbocycles. The Morgan fingerprint density at radius 1 is 0.913 bits per heavy atom. The minimum Gasteiger partial charge on any atom is -0.340 e. The predicted molar refractivity (Wildman–Crippen MR) is 91.5 cm³/mol. The summed E-state index contributed by atoms with van der Waals surface area (Å²) in [5.74, 6) is 0.592. The summed E-state index contributed by atoms with van der Waals surface area (Å²) in [4.78, 5) is 19.7. The van der Waals surface area contributed by atoms with Crippen molar-refractivity contribution < 1.29 is 4.79 Å². The largest absolute Gasteiger partial charge is 0.340 e. The van der Waals surface area contributed by atoms with Gasteiger partial charge in [0.15, 0.2) is 0 Å². The lowest BCUT2D eigenvalue weighted by Crippen LogP contribution is -2.05. The van der Waals surface area contributed by atoms with Gasteiger partial charge in [-0.2, -0.15) is 0 Å². The van der Waals surface area contributed by atoms with Crippen LogP contribution < -0.4 is 10.6 Å². The summed E-state index contributed by atoms with van der Waals surface area (Å²) in [5, 5.41) is 5.98. The topological polar surface area (TPSA) is 66.9 Å². The Bertz CT molecular complexity index is 818. The van der Waals surface area contributed by atoms with Crippen LogP contribution in [-0.4, -0.2) is 15.9 Å². The smallest absolute Gasteiger partial charge is 0.221 e. The quantitative estimate of drug-likeness (QED) is 0.768. The molecule has 0 aliphatic carbocycles. The third kappa shape index (κ3) is 3.91. The summed E-state index contributed by atoms with van der Waals surface area (Å²) in [7, 11) is 0. The van der Waals surface area contributed by atoms with Gasteiger partial charge < -0.3 is 10.6 Å². The van der Waals surface area contributed by atoms with E-state index in [1.165, 1.54) is 13.3 Å². The highest BCUT2D eigenvalue weighted by atomic mass is 16.1. The van der Waals surface area contributed by atoms with Crippen LogP contribution >= 0.6 is 0 Å². The molecule has 0 bridgehead atoms. The van der Waals surface area contributed by atoms with Crippen molar-refractivity contribution in [3.63, 3.8) is 0 Å². The predicted octanol–water partition coefficient (Wildman–Crippen LogP) is 3.85. The van der Waals surface area contributed by atoms with Gasteiger partial charge in [-0.05, 0) is 18.2 Å². The van der Waals surface area contributed by atoms with Crippen LogP contribution in [0.15, 0.2) is 67.0 Å². The standard InChI is InChI=1S/C18H16N4O/c1-13(23)21-15-8-5-9-16(10-15)22-18-11-17(19-12-20-18)14-6-3-2-4-7-14/h2-12H,1H3,(H,21,23)(H,19,20,22). The normalized spacial score (nSPS) is 10.1. The zero-order valence-electron chi connectivity index (χ0n) is 12.7. The second-order valence-corrected chi connectivity index (χ2v) is 5.04. The van der Waals surface area contributed by atoms with Crippen molar-refractivity contribution in [3.8, 4) is 11.3 Å². The molecule has 3 rings (SSSR count). The molecule has 0 radical (unpaired) electrons. The molecule has 3 aromatic rings. The number of rotatable bonds is 4. The minimum atomic E-state index is -0.101. The van der Waals surface area contributed by atoms with E-state index in [1.807, 2.05) is 60.7 Å². The number of nitrogens with one attached hydrogen (secondary N) is 2. The van der Waals surface area contributed by atoms with Crippen LogP contribution in [-0.2, 0) is 4.79 Å². The fourth-order valence-electron chi connectivity index (χ4n) is 2.22. The Kier molecular flexibility index (Phi) is 4.29. The van der Waals surface area contributed by atoms with Crippen molar-refractivity contribution in [2.45, 2.75) is 6.92 Å². The molecule has 5 nitrogen and oxygen atoms in total. The maximum atomic E-state index is 11.1. The average molecular weight is 304 g/mol. The molecule has 114 valence electrons. The zero-order valence-corrected chi connectivity index (χ0v) is 12.7. The zero-order chi connectivity index (χ0) is 16.1. The van der Waals surface area contributed by atoms with Crippen LogP contribution in [0.3, 0.4) is 0 Å². The van der Waals surface area contributed by atoms with E-state index in [1.54, 1.807) is 0 Å². The summed E-state index contributed by atoms with van der Waals surface area (Å²) < 4.78 is 0. The molecular formula is C18H16N4O. The van der Waals surface area contributed by atoms with Crippen molar-refractivity contribution in [2.24, 2.45) is 0 Å². The van der Waals surface area contributed by atoms with Gasteiger partial charge in [-0.1, -0.05) is 36.4 Å². The molecule has 1 amide bonds. The molecule has 5 heteroatoms.